The monoisotopic (exact) mass is 505 g/mol. The molecule has 0 aliphatic heterocycles. The molecule has 0 unspecified atom stereocenters. The van der Waals surface area contributed by atoms with E-state index in [0.29, 0.717) is 12.3 Å². The van der Waals surface area contributed by atoms with Crippen molar-refractivity contribution in [3.05, 3.63) is 126 Å². The van der Waals surface area contributed by atoms with Gasteiger partial charge in [0, 0.05) is 23.9 Å². The summed E-state index contributed by atoms with van der Waals surface area (Å²) in [5, 5.41) is 7.77. The second-order valence-corrected chi connectivity index (χ2v) is 10.2. The highest BCUT2D eigenvalue weighted by atomic mass is 16.5. The Hall–Kier alpha value is -4.58. The molecule has 3 aromatic carbocycles. The molecule has 0 saturated heterocycles. The lowest BCUT2D eigenvalue weighted by molar-refractivity contribution is 0.0919. The summed E-state index contributed by atoms with van der Waals surface area (Å²) < 4.78 is 13.5. The van der Waals surface area contributed by atoms with Crippen LogP contribution in [-0.4, -0.2) is 15.7 Å². The molecule has 0 fully saturated rings. The molecule has 1 amide bonds. The first-order valence-electron chi connectivity index (χ1n) is 12.7. The van der Waals surface area contributed by atoms with Crippen LogP contribution < -0.4 is 10.1 Å². The normalized spacial score (nSPS) is 11.3. The first-order valence-corrected chi connectivity index (χ1v) is 12.7. The minimum Gasteiger partial charge on any atom is -0.486 e. The van der Waals surface area contributed by atoms with Crippen LogP contribution in [0.1, 0.15) is 48.2 Å². The number of carbonyl (C=O) groups is 1. The zero-order valence-corrected chi connectivity index (χ0v) is 21.8. The highest BCUT2D eigenvalue weighted by molar-refractivity contribution is 5.91. The summed E-state index contributed by atoms with van der Waals surface area (Å²) in [5.41, 5.74) is 4.99. The Morgan fingerprint density at radius 2 is 1.58 bits per heavy atom. The van der Waals surface area contributed by atoms with Gasteiger partial charge in [-0.15, -0.1) is 0 Å². The van der Waals surface area contributed by atoms with E-state index in [9.17, 15) is 4.79 Å². The number of aromatic nitrogens is 2. The van der Waals surface area contributed by atoms with Crippen LogP contribution in [0.4, 0.5) is 0 Å². The second-order valence-electron chi connectivity index (χ2n) is 10.2. The van der Waals surface area contributed by atoms with E-state index in [4.69, 9.17) is 14.3 Å². The van der Waals surface area contributed by atoms with Crippen molar-refractivity contribution in [1.82, 2.24) is 15.1 Å². The Labute approximate surface area is 222 Å². The maximum absolute atomic E-state index is 12.9. The maximum atomic E-state index is 12.9. The third kappa shape index (κ3) is 5.86. The van der Waals surface area contributed by atoms with Crippen LogP contribution in [0.5, 0.6) is 5.75 Å². The molecule has 0 saturated carbocycles. The van der Waals surface area contributed by atoms with Crippen molar-refractivity contribution in [2.24, 2.45) is 0 Å². The van der Waals surface area contributed by atoms with Gasteiger partial charge in [0.1, 0.15) is 18.1 Å². The molecule has 0 aliphatic carbocycles. The summed E-state index contributed by atoms with van der Waals surface area (Å²) in [7, 11) is 0. The maximum Gasteiger partial charge on any atom is 0.287 e. The number of amides is 1. The van der Waals surface area contributed by atoms with E-state index in [0.717, 1.165) is 28.3 Å². The van der Waals surface area contributed by atoms with Crippen molar-refractivity contribution in [2.75, 3.05) is 0 Å². The molecule has 0 aliphatic rings. The summed E-state index contributed by atoms with van der Waals surface area (Å²) in [5.74, 6) is 1.28. The van der Waals surface area contributed by atoms with Gasteiger partial charge < -0.3 is 14.5 Å². The van der Waals surface area contributed by atoms with Crippen LogP contribution in [0.2, 0.25) is 0 Å². The number of hydrogen-bond donors (Lipinski definition) is 1. The lowest BCUT2D eigenvalue weighted by Gasteiger charge is -2.19. The topological polar surface area (TPSA) is 69.3 Å². The van der Waals surface area contributed by atoms with E-state index in [1.165, 1.54) is 5.56 Å². The van der Waals surface area contributed by atoms with Gasteiger partial charge in [-0.05, 0) is 47.4 Å². The highest BCUT2D eigenvalue weighted by Crippen LogP contribution is 2.25. The zero-order valence-electron chi connectivity index (χ0n) is 21.8. The summed E-state index contributed by atoms with van der Waals surface area (Å²) in [6.07, 6.45) is 1.95. The van der Waals surface area contributed by atoms with Gasteiger partial charge in [0.15, 0.2) is 5.76 Å². The van der Waals surface area contributed by atoms with E-state index < -0.39 is 0 Å². The van der Waals surface area contributed by atoms with Crippen LogP contribution in [0.15, 0.2) is 108 Å². The van der Waals surface area contributed by atoms with E-state index in [1.807, 2.05) is 83.7 Å². The molecule has 2 heterocycles. The Morgan fingerprint density at radius 3 is 2.26 bits per heavy atom. The zero-order chi connectivity index (χ0) is 26.5. The van der Waals surface area contributed by atoms with E-state index in [-0.39, 0.29) is 23.7 Å². The average Bonchev–Trinajstić information content (AvgIpc) is 3.59. The van der Waals surface area contributed by atoms with Crippen molar-refractivity contribution in [3.8, 4) is 22.7 Å². The number of carbonyl (C=O) groups excluding carboxylic acids is 1. The van der Waals surface area contributed by atoms with Crippen LogP contribution in [0.25, 0.3) is 16.9 Å². The number of hydrogen-bond acceptors (Lipinski definition) is 4. The van der Waals surface area contributed by atoms with Gasteiger partial charge in [0.25, 0.3) is 5.91 Å². The molecule has 6 nitrogen and oxygen atoms in total. The number of ether oxygens (including phenoxy) is 1. The third-order valence-electron chi connectivity index (χ3n) is 6.28. The van der Waals surface area contributed by atoms with Crippen LogP contribution in [0, 0.1) is 0 Å². The largest absolute Gasteiger partial charge is 0.486 e. The fraction of sp³-hybridized carbons (Fsp3) is 0.188. The molecule has 2 aromatic heterocycles. The average molecular weight is 506 g/mol. The minimum atomic E-state index is -0.294. The predicted molar refractivity (Wildman–Crippen MR) is 148 cm³/mol. The lowest BCUT2D eigenvalue weighted by atomic mass is 9.87. The SMILES string of the molecule is CC(C)(C)c1ccc(OCc2ccc(C(=O)NCc3cn(-c4ccccc4)nc3-c3ccccc3)o2)cc1. The number of benzene rings is 3. The van der Waals surface area contributed by atoms with Gasteiger partial charge in [-0.3, -0.25) is 4.79 Å². The minimum absolute atomic E-state index is 0.0872. The number of para-hydroxylation sites is 1. The number of furan rings is 1. The van der Waals surface area contributed by atoms with Crippen molar-refractivity contribution >= 4 is 5.91 Å². The van der Waals surface area contributed by atoms with Crippen molar-refractivity contribution in [2.45, 2.75) is 39.3 Å². The number of nitrogens with zero attached hydrogens (tertiary/aromatic N) is 2. The molecule has 1 N–H and O–H groups in total. The molecule has 5 aromatic rings. The number of rotatable bonds is 8. The molecule has 0 radical (unpaired) electrons. The third-order valence-corrected chi connectivity index (χ3v) is 6.28. The summed E-state index contributed by atoms with van der Waals surface area (Å²) in [4.78, 5) is 12.9. The van der Waals surface area contributed by atoms with Gasteiger partial charge in [0.2, 0.25) is 0 Å². The lowest BCUT2D eigenvalue weighted by Crippen LogP contribution is -2.22. The highest BCUT2D eigenvalue weighted by Gasteiger charge is 2.16. The van der Waals surface area contributed by atoms with Crippen LogP contribution in [-0.2, 0) is 18.6 Å². The molecule has 192 valence electrons. The summed E-state index contributed by atoms with van der Waals surface area (Å²) in [6, 6.07) is 31.3. The van der Waals surface area contributed by atoms with E-state index in [2.05, 4.69) is 38.2 Å². The summed E-state index contributed by atoms with van der Waals surface area (Å²) >= 11 is 0. The first-order chi connectivity index (χ1) is 18.4. The predicted octanol–water partition coefficient (Wildman–Crippen LogP) is 6.94. The first kappa shape index (κ1) is 25.1. The van der Waals surface area contributed by atoms with E-state index in [1.54, 1.807) is 12.1 Å². The fourth-order valence-corrected chi connectivity index (χ4v) is 4.14. The van der Waals surface area contributed by atoms with E-state index >= 15 is 0 Å². The summed E-state index contributed by atoms with van der Waals surface area (Å²) in [6.45, 7) is 7.08. The molecule has 0 spiro atoms. The molecule has 38 heavy (non-hydrogen) atoms. The molecule has 0 bridgehead atoms. The Morgan fingerprint density at radius 1 is 0.895 bits per heavy atom. The van der Waals surface area contributed by atoms with Crippen molar-refractivity contribution < 1.29 is 13.9 Å². The van der Waals surface area contributed by atoms with Gasteiger partial charge in [-0.2, -0.15) is 5.10 Å². The second kappa shape index (κ2) is 10.8. The fourth-order valence-electron chi connectivity index (χ4n) is 4.14. The molecule has 6 heteroatoms. The van der Waals surface area contributed by atoms with Crippen LogP contribution >= 0.6 is 0 Å². The Bertz CT molecular complexity index is 1500. The van der Waals surface area contributed by atoms with Gasteiger partial charge in [0.05, 0.1) is 11.4 Å². The van der Waals surface area contributed by atoms with Gasteiger partial charge in [-0.1, -0.05) is 81.4 Å². The van der Waals surface area contributed by atoms with Crippen LogP contribution in [0.3, 0.4) is 0 Å². The molecular weight excluding hydrogens is 474 g/mol. The van der Waals surface area contributed by atoms with Crippen molar-refractivity contribution in [3.63, 3.8) is 0 Å². The smallest absolute Gasteiger partial charge is 0.287 e. The molecule has 5 rings (SSSR count). The van der Waals surface area contributed by atoms with Gasteiger partial charge >= 0.3 is 0 Å². The van der Waals surface area contributed by atoms with Crippen molar-refractivity contribution in [1.29, 1.82) is 0 Å². The van der Waals surface area contributed by atoms with Gasteiger partial charge in [-0.25, -0.2) is 4.68 Å². The quantitative estimate of drug-likeness (QED) is 0.248. The molecular formula is C32H31N3O3. The molecule has 0 atom stereocenters. The standard InChI is InChI=1S/C32H31N3O3/c1-32(2,3)25-14-16-27(17-15-25)37-22-28-18-19-29(38-28)31(36)33-20-24-21-35(26-12-8-5-9-13-26)34-30(24)23-10-6-4-7-11-23/h4-19,21H,20,22H2,1-3H3,(H,33,36). The number of nitrogens with one attached hydrogen (secondary N) is 1. The Balaban J connectivity index is 1.24. The Kier molecular flexibility index (Phi) is 7.13.